The summed E-state index contributed by atoms with van der Waals surface area (Å²) in [5.41, 5.74) is 0. The van der Waals surface area contributed by atoms with E-state index in [1.54, 1.807) is 6.33 Å². The average molecular weight is 234 g/mol. The Labute approximate surface area is 103 Å². The normalized spacial score (nSPS) is 15.1. The van der Waals surface area contributed by atoms with E-state index >= 15 is 0 Å². The van der Waals surface area contributed by atoms with Gasteiger partial charge < -0.3 is 10.2 Å². The second-order valence-electron chi connectivity index (χ2n) is 5.07. The molecule has 0 unspecified atom stereocenters. The largest absolute Gasteiger partial charge is 0.370 e. The van der Waals surface area contributed by atoms with Gasteiger partial charge in [-0.15, -0.1) is 0 Å². The van der Waals surface area contributed by atoms with Gasteiger partial charge in [-0.3, -0.25) is 0 Å². The molecule has 0 spiro atoms. The highest BCUT2D eigenvalue weighted by molar-refractivity contribution is 5.49. The van der Waals surface area contributed by atoms with Crippen molar-refractivity contribution in [1.29, 1.82) is 0 Å². The lowest BCUT2D eigenvalue weighted by Gasteiger charge is -2.25. The van der Waals surface area contributed by atoms with Crippen molar-refractivity contribution in [3.05, 3.63) is 12.4 Å². The van der Waals surface area contributed by atoms with Crippen LogP contribution in [0.3, 0.4) is 0 Å². The van der Waals surface area contributed by atoms with Crippen LogP contribution in [0.15, 0.2) is 12.4 Å². The molecule has 1 heterocycles. The van der Waals surface area contributed by atoms with Gasteiger partial charge in [0, 0.05) is 25.2 Å². The van der Waals surface area contributed by atoms with Crippen LogP contribution in [0.1, 0.15) is 33.6 Å². The van der Waals surface area contributed by atoms with Gasteiger partial charge in [-0.25, -0.2) is 9.97 Å². The van der Waals surface area contributed by atoms with Crippen LogP contribution < -0.4 is 10.2 Å². The number of anilines is 2. The van der Waals surface area contributed by atoms with Gasteiger partial charge in [0.1, 0.15) is 18.0 Å². The van der Waals surface area contributed by atoms with Crippen molar-refractivity contribution in [2.75, 3.05) is 23.3 Å². The van der Waals surface area contributed by atoms with Crippen molar-refractivity contribution in [3.8, 4) is 0 Å². The lowest BCUT2D eigenvalue weighted by atomic mass is 10.2. The molecule has 0 saturated heterocycles. The summed E-state index contributed by atoms with van der Waals surface area (Å²) in [6, 6.07) is 2.76. The fourth-order valence-electron chi connectivity index (χ4n) is 1.99. The smallest absolute Gasteiger partial charge is 0.134 e. The van der Waals surface area contributed by atoms with Crippen LogP contribution >= 0.6 is 0 Å². The Morgan fingerprint density at radius 1 is 1.41 bits per heavy atom. The molecule has 0 aliphatic heterocycles. The topological polar surface area (TPSA) is 41.0 Å². The van der Waals surface area contributed by atoms with Crippen molar-refractivity contribution in [1.82, 2.24) is 9.97 Å². The number of hydrogen-bond acceptors (Lipinski definition) is 4. The molecule has 1 saturated carbocycles. The summed E-state index contributed by atoms with van der Waals surface area (Å²) in [5.74, 6) is 2.65. The second kappa shape index (κ2) is 5.34. The summed E-state index contributed by atoms with van der Waals surface area (Å²) in [4.78, 5) is 11.1. The highest BCUT2D eigenvalue weighted by Crippen LogP contribution is 2.31. The molecule has 17 heavy (non-hydrogen) atoms. The SMILES string of the molecule is CCNc1cc(N(CC(C)C)C2CC2)ncn1. The predicted octanol–water partition coefficient (Wildman–Crippen LogP) is 2.53. The van der Waals surface area contributed by atoms with Crippen molar-refractivity contribution in [2.24, 2.45) is 5.92 Å². The average Bonchev–Trinajstić information content (AvgIpc) is 3.10. The molecule has 94 valence electrons. The quantitative estimate of drug-likeness (QED) is 0.821. The summed E-state index contributed by atoms with van der Waals surface area (Å²) in [6.07, 6.45) is 4.25. The van der Waals surface area contributed by atoms with Gasteiger partial charge >= 0.3 is 0 Å². The monoisotopic (exact) mass is 234 g/mol. The molecule has 0 bridgehead atoms. The lowest BCUT2D eigenvalue weighted by Crippen LogP contribution is -2.30. The summed E-state index contributed by atoms with van der Waals surface area (Å²) >= 11 is 0. The van der Waals surface area contributed by atoms with Crippen LogP contribution in [-0.2, 0) is 0 Å². The molecule has 0 amide bonds. The van der Waals surface area contributed by atoms with Crippen molar-refractivity contribution >= 4 is 11.6 Å². The first-order chi connectivity index (χ1) is 8.20. The summed E-state index contributed by atoms with van der Waals surface area (Å²) in [6.45, 7) is 8.55. The highest BCUT2D eigenvalue weighted by Gasteiger charge is 2.30. The minimum Gasteiger partial charge on any atom is -0.370 e. The Kier molecular flexibility index (Phi) is 3.82. The summed E-state index contributed by atoms with van der Waals surface area (Å²) < 4.78 is 0. The zero-order valence-electron chi connectivity index (χ0n) is 11.0. The molecule has 4 heteroatoms. The number of rotatable bonds is 6. The van der Waals surface area contributed by atoms with Crippen LogP contribution in [0.2, 0.25) is 0 Å². The molecule has 1 aromatic rings. The van der Waals surface area contributed by atoms with E-state index < -0.39 is 0 Å². The first-order valence-electron chi connectivity index (χ1n) is 6.53. The Balaban J connectivity index is 2.13. The van der Waals surface area contributed by atoms with Gasteiger partial charge in [-0.2, -0.15) is 0 Å². The Morgan fingerprint density at radius 3 is 2.76 bits per heavy atom. The molecular weight excluding hydrogens is 212 g/mol. The van der Waals surface area contributed by atoms with E-state index in [4.69, 9.17) is 0 Å². The standard InChI is InChI=1S/C13H22N4/c1-4-14-12-7-13(16-9-15-12)17(8-10(2)3)11-5-6-11/h7,9-11H,4-6,8H2,1-3H3,(H,14,15,16). The predicted molar refractivity (Wildman–Crippen MR) is 71.4 cm³/mol. The van der Waals surface area contributed by atoms with Gasteiger partial charge in [0.2, 0.25) is 0 Å². The molecule has 0 atom stereocenters. The molecule has 1 aliphatic carbocycles. The zero-order chi connectivity index (χ0) is 12.3. The Morgan fingerprint density at radius 2 is 2.18 bits per heavy atom. The molecule has 1 fully saturated rings. The third kappa shape index (κ3) is 3.32. The third-order valence-corrected chi connectivity index (χ3v) is 2.85. The molecule has 4 nitrogen and oxygen atoms in total. The maximum atomic E-state index is 4.41. The van der Waals surface area contributed by atoms with Crippen LogP contribution in [-0.4, -0.2) is 29.1 Å². The van der Waals surface area contributed by atoms with Gasteiger partial charge in [-0.1, -0.05) is 13.8 Å². The van der Waals surface area contributed by atoms with Crippen LogP contribution in [0, 0.1) is 5.92 Å². The fraction of sp³-hybridized carbons (Fsp3) is 0.692. The van der Waals surface area contributed by atoms with Crippen molar-refractivity contribution in [2.45, 2.75) is 39.7 Å². The number of nitrogens with zero attached hydrogens (tertiary/aromatic N) is 3. The maximum Gasteiger partial charge on any atom is 0.134 e. The van der Waals surface area contributed by atoms with Gasteiger partial charge in [0.05, 0.1) is 0 Å². The highest BCUT2D eigenvalue weighted by atomic mass is 15.2. The van der Waals surface area contributed by atoms with Crippen molar-refractivity contribution in [3.63, 3.8) is 0 Å². The molecule has 1 aliphatic rings. The van der Waals surface area contributed by atoms with E-state index in [-0.39, 0.29) is 0 Å². The third-order valence-electron chi connectivity index (χ3n) is 2.85. The number of aromatic nitrogens is 2. The fourth-order valence-corrected chi connectivity index (χ4v) is 1.99. The van der Waals surface area contributed by atoms with Crippen LogP contribution in [0.5, 0.6) is 0 Å². The molecule has 1 aromatic heterocycles. The Bertz CT molecular complexity index is 360. The first kappa shape index (κ1) is 12.1. The van der Waals surface area contributed by atoms with Crippen LogP contribution in [0.4, 0.5) is 11.6 Å². The van der Waals surface area contributed by atoms with Gasteiger partial charge in [0.25, 0.3) is 0 Å². The van der Waals surface area contributed by atoms with E-state index in [1.807, 2.05) is 0 Å². The zero-order valence-corrected chi connectivity index (χ0v) is 11.0. The lowest BCUT2D eigenvalue weighted by molar-refractivity contribution is 0.602. The molecule has 2 rings (SSSR count). The first-order valence-corrected chi connectivity index (χ1v) is 6.53. The number of nitrogens with one attached hydrogen (secondary N) is 1. The minimum absolute atomic E-state index is 0.660. The van der Waals surface area contributed by atoms with E-state index in [2.05, 4.69) is 47.0 Å². The summed E-state index contributed by atoms with van der Waals surface area (Å²) in [5, 5.41) is 3.24. The van der Waals surface area contributed by atoms with E-state index in [0.717, 1.165) is 24.7 Å². The molecular formula is C13H22N4. The van der Waals surface area contributed by atoms with Crippen molar-refractivity contribution < 1.29 is 0 Å². The van der Waals surface area contributed by atoms with E-state index in [9.17, 15) is 0 Å². The van der Waals surface area contributed by atoms with E-state index in [0.29, 0.717) is 12.0 Å². The number of hydrogen-bond donors (Lipinski definition) is 1. The van der Waals surface area contributed by atoms with Gasteiger partial charge in [0.15, 0.2) is 0 Å². The molecule has 0 aromatic carbocycles. The van der Waals surface area contributed by atoms with E-state index in [1.165, 1.54) is 12.8 Å². The molecule has 0 radical (unpaired) electrons. The summed E-state index contributed by atoms with van der Waals surface area (Å²) in [7, 11) is 0. The maximum absolute atomic E-state index is 4.41. The minimum atomic E-state index is 0.660. The molecule has 1 N–H and O–H groups in total. The van der Waals surface area contributed by atoms with Gasteiger partial charge in [-0.05, 0) is 25.7 Å². The Hall–Kier alpha value is -1.32. The second-order valence-corrected chi connectivity index (χ2v) is 5.07. The van der Waals surface area contributed by atoms with Crippen LogP contribution in [0.25, 0.3) is 0 Å².